The van der Waals surface area contributed by atoms with Gasteiger partial charge in [0.05, 0.1) is 30.1 Å². The summed E-state index contributed by atoms with van der Waals surface area (Å²) in [5.74, 6) is -2.40. The van der Waals surface area contributed by atoms with Crippen molar-refractivity contribution < 1.29 is 24.2 Å². The topological polar surface area (TPSA) is 111 Å². The molecule has 2 bridgehead atoms. The lowest BCUT2D eigenvalue weighted by atomic mass is 9.62. The minimum Gasteiger partial charge on any atom is -0.394 e. The molecule has 1 spiro atoms. The minimum absolute atomic E-state index is 0.0692. The van der Waals surface area contributed by atoms with Gasteiger partial charge in [-0.05, 0) is 75.3 Å². The number of nitrogens with zero attached hydrogens (tertiary/aromatic N) is 2. The first kappa shape index (κ1) is 32.0. The summed E-state index contributed by atoms with van der Waals surface area (Å²) in [5.41, 5.74) is 0.537. The third-order valence-electron chi connectivity index (χ3n) is 10.2. The number of rotatable bonds is 12. The standard InChI is InChI=1S/C35H48N4O5/c1-7-38(8-2)26-16-14-25(15-17-26)37-32(42)30-35-19-23(5)34(6,44-35)28(31(41)36-20-24-12-10-9-11-13-24)29(35)33(43)39(30)27(21-40)18-22(3)4/h9-17,22-23,27-30,40H,7-8,18-21H2,1-6H3,(H,36,41)(H,37,42)/t23?,27-,28+,29+,30?,34-,35?/m1/s1. The SMILES string of the molecule is CCN(CC)c1ccc(NC(=O)C2N([C@@H](CO)CC(C)C)C(=O)[C@@H]3[C@@H](C(=O)NCc4ccccc4)[C@]4(C)OC23CC4C)cc1. The number of benzene rings is 2. The van der Waals surface area contributed by atoms with Crippen molar-refractivity contribution in [2.24, 2.45) is 23.7 Å². The van der Waals surface area contributed by atoms with E-state index in [-0.39, 0.29) is 36.2 Å². The van der Waals surface area contributed by atoms with Gasteiger partial charge in [0, 0.05) is 31.0 Å². The van der Waals surface area contributed by atoms with E-state index in [0.29, 0.717) is 25.1 Å². The van der Waals surface area contributed by atoms with Gasteiger partial charge in [0.2, 0.25) is 17.7 Å². The summed E-state index contributed by atoms with van der Waals surface area (Å²) < 4.78 is 6.85. The molecule has 7 atom stereocenters. The number of ether oxygens (including phenoxy) is 1. The number of hydrogen-bond donors (Lipinski definition) is 3. The number of aliphatic hydroxyl groups excluding tert-OH is 1. The van der Waals surface area contributed by atoms with Gasteiger partial charge in [0.25, 0.3) is 0 Å². The zero-order chi connectivity index (χ0) is 31.8. The van der Waals surface area contributed by atoms with Gasteiger partial charge in [-0.25, -0.2) is 0 Å². The lowest BCUT2D eigenvalue weighted by Crippen LogP contribution is -2.56. The van der Waals surface area contributed by atoms with Crippen LogP contribution in [0.2, 0.25) is 0 Å². The van der Waals surface area contributed by atoms with Crippen LogP contribution in [-0.4, -0.2) is 70.7 Å². The summed E-state index contributed by atoms with van der Waals surface area (Å²) >= 11 is 0. The number of anilines is 2. The van der Waals surface area contributed by atoms with Crippen molar-refractivity contribution in [1.29, 1.82) is 0 Å². The van der Waals surface area contributed by atoms with Crippen molar-refractivity contribution in [1.82, 2.24) is 10.2 Å². The van der Waals surface area contributed by atoms with Crippen LogP contribution < -0.4 is 15.5 Å². The van der Waals surface area contributed by atoms with Gasteiger partial charge < -0.3 is 30.3 Å². The number of fused-ring (bicyclic) bond motifs is 1. The number of aliphatic hydroxyl groups is 1. The highest BCUT2D eigenvalue weighted by molar-refractivity contribution is 6.04. The third kappa shape index (κ3) is 5.38. The molecule has 0 aromatic heterocycles. The molecular weight excluding hydrogens is 556 g/mol. The molecule has 3 unspecified atom stereocenters. The fourth-order valence-corrected chi connectivity index (χ4v) is 8.04. The van der Waals surface area contributed by atoms with Crippen LogP contribution in [0.25, 0.3) is 0 Å². The molecule has 0 saturated carbocycles. The van der Waals surface area contributed by atoms with Crippen LogP contribution in [0.3, 0.4) is 0 Å². The number of nitrogens with one attached hydrogen (secondary N) is 2. The van der Waals surface area contributed by atoms with E-state index in [9.17, 15) is 19.5 Å². The van der Waals surface area contributed by atoms with Gasteiger partial charge in [-0.3, -0.25) is 14.4 Å². The molecule has 3 N–H and O–H groups in total. The van der Waals surface area contributed by atoms with E-state index < -0.39 is 35.1 Å². The average Bonchev–Trinajstić information content (AvgIpc) is 3.53. The normalized spacial score (nSPS) is 29.5. The highest BCUT2D eigenvalue weighted by atomic mass is 16.5. The molecule has 3 fully saturated rings. The van der Waals surface area contributed by atoms with Crippen molar-refractivity contribution in [2.75, 3.05) is 29.9 Å². The maximum Gasteiger partial charge on any atom is 0.250 e. The highest BCUT2D eigenvalue weighted by Crippen LogP contribution is 2.65. The molecule has 3 aliphatic heterocycles. The quantitative estimate of drug-likeness (QED) is 0.335. The molecular formula is C35H48N4O5. The van der Waals surface area contributed by atoms with Crippen LogP contribution >= 0.6 is 0 Å². The van der Waals surface area contributed by atoms with Gasteiger partial charge in [0.15, 0.2) is 0 Å². The molecule has 3 heterocycles. The van der Waals surface area contributed by atoms with Crippen LogP contribution in [0.5, 0.6) is 0 Å². The number of carbonyl (C=O) groups excluding carboxylic acids is 3. The van der Waals surface area contributed by atoms with E-state index in [1.165, 1.54) is 0 Å². The Morgan fingerprint density at radius 3 is 2.32 bits per heavy atom. The predicted octanol–water partition coefficient (Wildman–Crippen LogP) is 4.21. The molecule has 238 valence electrons. The third-order valence-corrected chi connectivity index (χ3v) is 10.2. The Hall–Kier alpha value is -3.43. The van der Waals surface area contributed by atoms with E-state index in [1.54, 1.807) is 4.90 Å². The molecule has 3 aliphatic rings. The van der Waals surface area contributed by atoms with Crippen LogP contribution in [0.15, 0.2) is 54.6 Å². The molecule has 9 heteroatoms. The molecule has 3 amide bonds. The molecule has 0 radical (unpaired) electrons. The van der Waals surface area contributed by atoms with E-state index >= 15 is 0 Å². The monoisotopic (exact) mass is 604 g/mol. The second-order valence-corrected chi connectivity index (χ2v) is 13.3. The van der Waals surface area contributed by atoms with Crippen molar-refractivity contribution in [2.45, 2.75) is 84.2 Å². The Kier molecular flexibility index (Phi) is 9.10. The van der Waals surface area contributed by atoms with Gasteiger partial charge in [-0.15, -0.1) is 0 Å². The Balaban J connectivity index is 1.49. The number of amides is 3. The molecule has 2 aromatic carbocycles. The Labute approximate surface area is 261 Å². The number of hydrogen-bond acceptors (Lipinski definition) is 6. The molecule has 9 nitrogen and oxygen atoms in total. The summed E-state index contributed by atoms with van der Waals surface area (Å²) in [5, 5.41) is 16.7. The number of carbonyl (C=O) groups is 3. The van der Waals surface area contributed by atoms with Crippen molar-refractivity contribution in [3.8, 4) is 0 Å². The van der Waals surface area contributed by atoms with Crippen LogP contribution in [0.1, 0.15) is 59.9 Å². The average molecular weight is 605 g/mol. The van der Waals surface area contributed by atoms with Gasteiger partial charge >= 0.3 is 0 Å². The van der Waals surface area contributed by atoms with Crippen molar-refractivity contribution in [3.63, 3.8) is 0 Å². The van der Waals surface area contributed by atoms with Gasteiger partial charge in [-0.1, -0.05) is 51.1 Å². The Bertz CT molecular complexity index is 1350. The molecule has 2 aromatic rings. The largest absolute Gasteiger partial charge is 0.394 e. The summed E-state index contributed by atoms with van der Waals surface area (Å²) in [4.78, 5) is 46.6. The predicted molar refractivity (Wildman–Crippen MR) is 171 cm³/mol. The zero-order valence-electron chi connectivity index (χ0n) is 26.9. The summed E-state index contributed by atoms with van der Waals surface area (Å²) in [6, 6.07) is 15.8. The fourth-order valence-electron chi connectivity index (χ4n) is 8.04. The van der Waals surface area contributed by atoms with Crippen molar-refractivity contribution in [3.05, 3.63) is 60.2 Å². The summed E-state index contributed by atoms with van der Waals surface area (Å²) in [6.07, 6.45) is 0.989. The van der Waals surface area contributed by atoms with E-state index in [0.717, 1.165) is 24.3 Å². The first-order valence-electron chi connectivity index (χ1n) is 16.1. The molecule has 44 heavy (non-hydrogen) atoms. The van der Waals surface area contributed by atoms with Crippen LogP contribution in [0.4, 0.5) is 11.4 Å². The maximum absolute atomic E-state index is 14.5. The van der Waals surface area contributed by atoms with E-state index in [1.807, 2.05) is 82.3 Å². The minimum atomic E-state index is -1.18. The second kappa shape index (κ2) is 12.5. The molecule has 5 rings (SSSR count). The van der Waals surface area contributed by atoms with Crippen LogP contribution in [0, 0.1) is 23.7 Å². The van der Waals surface area contributed by atoms with Gasteiger partial charge in [0.1, 0.15) is 11.6 Å². The highest BCUT2D eigenvalue weighted by Gasteiger charge is 2.80. The van der Waals surface area contributed by atoms with Crippen LogP contribution in [-0.2, 0) is 25.7 Å². The van der Waals surface area contributed by atoms with Crippen molar-refractivity contribution >= 4 is 29.1 Å². The Morgan fingerprint density at radius 2 is 1.73 bits per heavy atom. The molecule has 3 saturated heterocycles. The van der Waals surface area contributed by atoms with E-state index in [4.69, 9.17) is 4.74 Å². The molecule has 0 aliphatic carbocycles. The first-order valence-corrected chi connectivity index (χ1v) is 16.1. The first-order chi connectivity index (χ1) is 21.0. The lowest BCUT2D eigenvalue weighted by Gasteiger charge is -2.37. The fraction of sp³-hybridized carbons (Fsp3) is 0.571. The van der Waals surface area contributed by atoms with E-state index in [2.05, 4.69) is 29.4 Å². The lowest BCUT2D eigenvalue weighted by molar-refractivity contribution is -0.149. The second-order valence-electron chi connectivity index (χ2n) is 13.3. The Morgan fingerprint density at radius 1 is 1.07 bits per heavy atom. The smallest absolute Gasteiger partial charge is 0.250 e. The number of likely N-dealkylation sites (tertiary alicyclic amines) is 1. The van der Waals surface area contributed by atoms with Gasteiger partial charge in [-0.2, -0.15) is 0 Å². The summed E-state index contributed by atoms with van der Waals surface area (Å²) in [6.45, 7) is 14.0. The summed E-state index contributed by atoms with van der Waals surface area (Å²) in [7, 11) is 0. The maximum atomic E-state index is 14.5. The zero-order valence-corrected chi connectivity index (χ0v) is 26.9.